The van der Waals surface area contributed by atoms with Gasteiger partial charge in [-0.05, 0) is 12.3 Å². The van der Waals surface area contributed by atoms with Crippen molar-refractivity contribution in [3.05, 3.63) is 11.8 Å². The molecule has 0 bridgehead atoms. The molecular formula is C11H20N4O2. The lowest BCUT2D eigenvalue weighted by atomic mass is 10.0. The van der Waals surface area contributed by atoms with E-state index in [1.807, 2.05) is 0 Å². The Kier molecular flexibility index (Phi) is 4.48. The van der Waals surface area contributed by atoms with Crippen LogP contribution in [0.4, 0.5) is 4.79 Å². The molecule has 0 saturated heterocycles. The molecule has 1 rings (SSSR count). The van der Waals surface area contributed by atoms with Gasteiger partial charge in [-0.15, -0.1) is 10.2 Å². The van der Waals surface area contributed by atoms with Gasteiger partial charge in [-0.3, -0.25) is 0 Å². The number of rotatable bonds is 4. The molecule has 6 heteroatoms. The smallest absolute Gasteiger partial charge is 0.317 e. The number of amides is 2. The first-order valence-electron chi connectivity index (χ1n) is 5.68. The third kappa shape index (κ3) is 4.05. The van der Waals surface area contributed by atoms with E-state index < -0.39 is 0 Å². The number of carbonyl (C=O) groups excluding carboxylic acids is 1. The minimum Gasteiger partial charge on any atom is -0.423 e. The van der Waals surface area contributed by atoms with E-state index >= 15 is 0 Å². The molecule has 0 aliphatic rings. The van der Waals surface area contributed by atoms with Gasteiger partial charge in [0.15, 0.2) is 0 Å². The molecule has 0 aliphatic carbocycles. The summed E-state index contributed by atoms with van der Waals surface area (Å²) in [5.41, 5.74) is 0. The average Bonchev–Trinajstić information content (AvgIpc) is 2.62. The number of aromatic nitrogens is 2. The molecule has 0 radical (unpaired) electrons. The van der Waals surface area contributed by atoms with Gasteiger partial charge in [-0.25, -0.2) is 4.79 Å². The molecule has 0 aliphatic heterocycles. The summed E-state index contributed by atoms with van der Waals surface area (Å²) < 4.78 is 5.37. The van der Waals surface area contributed by atoms with Gasteiger partial charge in [-0.1, -0.05) is 13.8 Å². The molecule has 6 nitrogen and oxygen atoms in total. The summed E-state index contributed by atoms with van der Waals surface area (Å²) >= 11 is 0. The fourth-order valence-corrected chi connectivity index (χ4v) is 1.42. The Bertz CT molecular complexity index is 373. The predicted molar refractivity (Wildman–Crippen MR) is 63.4 cm³/mol. The van der Waals surface area contributed by atoms with E-state index in [1.54, 1.807) is 21.0 Å². The molecule has 2 amide bonds. The van der Waals surface area contributed by atoms with Crippen molar-refractivity contribution in [2.75, 3.05) is 14.1 Å². The van der Waals surface area contributed by atoms with Crippen LogP contribution in [0.3, 0.4) is 0 Å². The Morgan fingerprint density at radius 3 is 2.47 bits per heavy atom. The average molecular weight is 240 g/mol. The number of carbonyl (C=O) groups is 1. The van der Waals surface area contributed by atoms with Crippen molar-refractivity contribution in [2.24, 2.45) is 5.92 Å². The Morgan fingerprint density at radius 1 is 1.41 bits per heavy atom. The highest BCUT2D eigenvalue weighted by Crippen LogP contribution is 2.20. The van der Waals surface area contributed by atoms with Crippen LogP contribution in [0.5, 0.6) is 0 Å². The van der Waals surface area contributed by atoms with Crippen LogP contribution in [0.1, 0.15) is 38.1 Å². The maximum atomic E-state index is 11.6. The van der Waals surface area contributed by atoms with E-state index in [9.17, 15) is 4.79 Å². The zero-order valence-corrected chi connectivity index (χ0v) is 11.0. The van der Waals surface area contributed by atoms with E-state index in [1.165, 1.54) is 4.90 Å². The highest BCUT2D eigenvalue weighted by Gasteiger charge is 2.22. The topological polar surface area (TPSA) is 71.3 Å². The second kappa shape index (κ2) is 5.65. The van der Waals surface area contributed by atoms with Crippen molar-refractivity contribution in [1.29, 1.82) is 0 Å². The first-order valence-corrected chi connectivity index (χ1v) is 5.68. The summed E-state index contributed by atoms with van der Waals surface area (Å²) in [6, 6.07) is -0.391. The molecule has 0 aromatic carbocycles. The predicted octanol–water partition coefficient (Wildman–Crippen LogP) is 1.74. The van der Waals surface area contributed by atoms with Crippen LogP contribution in [0, 0.1) is 12.8 Å². The van der Waals surface area contributed by atoms with Crippen molar-refractivity contribution >= 4 is 6.03 Å². The van der Waals surface area contributed by atoms with Gasteiger partial charge in [0.25, 0.3) is 0 Å². The summed E-state index contributed by atoms with van der Waals surface area (Å²) in [6.45, 7) is 5.90. The molecular weight excluding hydrogens is 220 g/mol. The number of hydrogen-bond donors (Lipinski definition) is 1. The van der Waals surface area contributed by atoms with E-state index in [2.05, 4.69) is 29.4 Å². The molecule has 0 saturated carbocycles. The van der Waals surface area contributed by atoms with Crippen molar-refractivity contribution < 1.29 is 9.21 Å². The standard InChI is InChI=1S/C11H20N4O2/c1-7(2)6-9(12-11(16)15(4)5)10-14-13-8(3)17-10/h7,9H,6H2,1-5H3,(H,12,16). The molecule has 0 fully saturated rings. The first-order chi connectivity index (χ1) is 7.90. The Morgan fingerprint density at radius 2 is 2.06 bits per heavy atom. The third-order valence-corrected chi connectivity index (χ3v) is 2.25. The van der Waals surface area contributed by atoms with Gasteiger partial charge < -0.3 is 14.6 Å². The molecule has 17 heavy (non-hydrogen) atoms. The summed E-state index contributed by atoms with van der Waals surface area (Å²) in [5.74, 6) is 1.40. The van der Waals surface area contributed by atoms with E-state index in [4.69, 9.17) is 4.42 Å². The van der Waals surface area contributed by atoms with Crippen LogP contribution in [0.25, 0.3) is 0 Å². The Labute approximate surface area is 101 Å². The second-order valence-electron chi connectivity index (χ2n) is 4.69. The minimum absolute atomic E-state index is 0.161. The molecule has 1 N–H and O–H groups in total. The molecule has 1 aromatic heterocycles. The van der Waals surface area contributed by atoms with Crippen LogP contribution in [-0.4, -0.2) is 35.2 Å². The highest BCUT2D eigenvalue weighted by molar-refractivity contribution is 5.73. The van der Waals surface area contributed by atoms with Gasteiger partial charge in [0.2, 0.25) is 11.8 Å². The number of nitrogens with one attached hydrogen (secondary N) is 1. The zero-order chi connectivity index (χ0) is 13.0. The molecule has 1 unspecified atom stereocenters. The van der Waals surface area contributed by atoms with Gasteiger partial charge >= 0.3 is 6.03 Å². The van der Waals surface area contributed by atoms with Gasteiger partial charge in [-0.2, -0.15) is 0 Å². The fraction of sp³-hybridized carbons (Fsp3) is 0.727. The normalized spacial score (nSPS) is 12.6. The monoisotopic (exact) mass is 240 g/mol. The third-order valence-electron chi connectivity index (χ3n) is 2.25. The van der Waals surface area contributed by atoms with Gasteiger partial charge in [0.05, 0.1) is 0 Å². The summed E-state index contributed by atoms with van der Waals surface area (Å²) in [4.78, 5) is 13.1. The minimum atomic E-state index is -0.230. The lowest BCUT2D eigenvalue weighted by molar-refractivity contribution is 0.207. The number of urea groups is 1. The molecule has 1 heterocycles. The number of hydrogen-bond acceptors (Lipinski definition) is 4. The fourth-order valence-electron chi connectivity index (χ4n) is 1.42. The van der Waals surface area contributed by atoms with Crippen molar-refractivity contribution in [2.45, 2.75) is 33.2 Å². The van der Waals surface area contributed by atoms with Crippen molar-refractivity contribution in [3.63, 3.8) is 0 Å². The van der Waals surface area contributed by atoms with Crippen LogP contribution >= 0.6 is 0 Å². The number of nitrogens with zero attached hydrogens (tertiary/aromatic N) is 3. The largest absolute Gasteiger partial charge is 0.423 e. The quantitative estimate of drug-likeness (QED) is 0.870. The van der Waals surface area contributed by atoms with Crippen molar-refractivity contribution in [3.8, 4) is 0 Å². The molecule has 0 spiro atoms. The van der Waals surface area contributed by atoms with Gasteiger partial charge in [0.1, 0.15) is 6.04 Å². The van der Waals surface area contributed by atoms with Crippen molar-refractivity contribution in [1.82, 2.24) is 20.4 Å². The van der Waals surface area contributed by atoms with E-state index in [0.717, 1.165) is 6.42 Å². The SMILES string of the molecule is Cc1nnc(C(CC(C)C)NC(=O)N(C)C)o1. The Balaban J connectivity index is 2.77. The Hall–Kier alpha value is -1.59. The first kappa shape index (κ1) is 13.5. The zero-order valence-electron chi connectivity index (χ0n) is 11.0. The van der Waals surface area contributed by atoms with E-state index in [-0.39, 0.29) is 12.1 Å². The number of aryl methyl sites for hydroxylation is 1. The van der Waals surface area contributed by atoms with Gasteiger partial charge in [0, 0.05) is 21.0 Å². The molecule has 1 aromatic rings. The van der Waals surface area contributed by atoms with Crippen LogP contribution in [-0.2, 0) is 0 Å². The van der Waals surface area contributed by atoms with Crippen LogP contribution < -0.4 is 5.32 Å². The second-order valence-corrected chi connectivity index (χ2v) is 4.69. The maximum absolute atomic E-state index is 11.6. The summed E-state index contributed by atoms with van der Waals surface area (Å²) in [6.07, 6.45) is 0.765. The van der Waals surface area contributed by atoms with Crippen LogP contribution in [0.2, 0.25) is 0 Å². The maximum Gasteiger partial charge on any atom is 0.317 e. The van der Waals surface area contributed by atoms with Crippen LogP contribution in [0.15, 0.2) is 4.42 Å². The molecule has 1 atom stereocenters. The van der Waals surface area contributed by atoms with E-state index in [0.29, 0.717) is 17.7 Å². The molecule has 96 valence electrons. The summed E-state index contributed by atoms with van der Waals surface area (Å²) in [7, 11) is 3.39. The lowest BCUT2D eigenvalue weighted by Crippen LogP contribution is -2.37. The lowest BCUT2D eigenvalue weighted by Gasteiger charge is -2.20. The summed E-state index contributed by atoms with van der Waals surface area (Å²) in [5, 5.41) is 10.6. The highest BCUT2D eigenvalue weighted by atomic mass is 16.4.